The van der Waals surface area contributed by atoms with E-state index in [-0.39, 0.29) is 10.7 Å². The third-order valence-corrected chi connectivity index (χ3v) is 2.88. The third-order valence-electron chi connectivity index (χ3n) is 2.07. The maximum atomic E-state index is 11.3. The van der Waals surface area contributed by atoms with E-state index in [1.807, 2.05) is 0 Å². The van der Waals surface area contributed by atoms with E-state index in [2.05, 4.69) is 4.99 Å². The first-order valence-corrected chi connectivity index (χ1v) is 5.49. The van der Waals surface area contributed by atoms with E-state index >= 15 is 0 Å². The summed E-state index contributed by atoms with van der Waals surface area (Å²) in [5.74, 6) is -1.40. The Bertz CT molecular complexity index is 564. The molecule has 0 bridgehead atoms. The number of rotatable bonds is 2. The second-order valence-corrected chi connectivity index (χ2v) is 4.36. The van der Waals surface area contributed by atoms with Crippen LogP contribution in [0.25, 0.3) is 6.08 Å². The molecule has 5 nitrogen and oxygen atoms in total. The minimum absolute atomic E-state index is 0.170. The summed E-state index contributed by atoms with van der Waals surface area (Å²) in [5.41, 5.74) is 6.20. The van der Waals surface area contributed by atoms with E-state index in [9.17, 15) is 9.59 Å². The van der Waals surface area contributed by atoms with Gasteiger partial charge in [0.05, 0.1) is 10.5 Å². The monoisotopic (exact) mass is 248 g/mol. The Morgan fingerprint density at radius 1 is 1.47 bits per heavy atom. The number of nitrogens with two attached hydrogens (primary N) is 1. The first-order valence-electron chi connectivity index (χ1n) is 4.67. The molecule has 1 aliphatic heterocycles. The topological polar surface area (TPSA) is 92.8 Å². The first-order chi connectivity index (χ1) is 8.06. The Balaban J connectivity index is 2.31. The summed E-state index contributed by atoms with van der Waals surface area (Å²) >= 11 is 1.07. The molecule has 2 rings (SSSR count). The fourth-order valence-corrected chi connectivity index (χ4v) is 2.02. The van der Waals surface area contributed by atoms with Crippen LogP contribution < -0.4 is 5.73 Å². The predicted molar refractivity (Wildman–Crippen MR) is 65.6 cm³/mol. The molecule has 0 fully saturated rings. The van der Waals surface area contributed by atoms with Gasteiger partial charge in [0, 0.05) is 0 Å². The highest BCUT2D eigenvalue weighted by Crippen LogP contribution is 2.26. The van der Waals surface area contributed by atoms with E-state index in [0.717, 1.165) is 11.8 Å². The highest BCUT2D eigenvalue weighted by Gasteiger charge is 2.19. The molecular weight excluding hydrogens is 240 g/mol. The van der Waals surface area contributed by atoms with Gasteiger partial charge in [-0.15, -0.1) is 0 Å². The highest BCUT2D eigenvalue weighted by molar-refractivity contribution is 8.18. The Morgan fingerprint density at radius 3 is 2.82 bits per heavy atom. The molecule has 0 saturated heterocycles. The molecule has 0 spiro atoms. The lowest BCUT2D eigenvalue weighted by molar-refractivity contribution is -0.113. The minimum Gasteiger partial charge on any atom is -0.478 e. The summed E-state index contributed by atoms with van der Waals surface area (Å²) < 4.78 is 0. The largest absolute Gasteiger partial charge is 0.478 e. The Kier molecular flexibility index (Phi) is 2.97. The van der Waals surface area contributed by atoms with Crippen LogP contribution in [0.4, 0.5) is 0 Å². The summed E-state index contributed by atoms with van der Waals surface area (Å²) in [6, 6.07) is 6.29. The number of aliphatic imine (C=N–C) groups is 1. The molecule has 0 aromatic heterocycles. The standard InChI is InChI=1S/C11H8N2O3S/c12-11-13-9(14)8(17-11)5-6-2-1-3-7(4-6)10(15)16/h1-5H,(H,15,16)(H2,12,13,14). The number of amides is 1. The lowest BCUT2D eigenvalue weighted by Crippen LogP contribution is -2.01. The molecule has 1 aromatic rings. The Labute approximate surface area is 101 Å². The molecule has 1 heterocycles. The van der Waals surface area contributed by atoms with Crippen LogP contribution in [0.3, 0.4) is 0 Å². The number of benzene rings is 1. The normalized spacial score (nSPS) is 17.3. The summed E-state index contributed by atoms with van der Waals surface area (Å²) in [4.78, 5) is 26.1. The van der Waals surface area contributed by atoms with Crippen LogP contribution in [0, 0.1) is 0 Å². The summed E-state index contributed by atoms with van der Waals surface area (Å²) in [5, 5.41) is 9.03. The van der Waals surface area contributed by atoms with Gasteiger partial charge in [-0.3, -0.25) is 4.79 Å². The SMILES string of the molecule is NC1=NC(=O)C(=Cc2cccc(C(=O)O)c2)S1. The van der Waals surface area contributed by atoms with E-state index in [1.165, 1.54) is 12.1 Å². The van der Waals surface area contributed by atoms with E-state index in [4.69, 9.17) is 10.8 Å². The van der Waals surface area contributed by atoms with Crippen LogP contribution in [0.2, 0.25) is 0 Å². The number of aromatic carboxylic acids is 1. The number of hydrogen-bond donors (Lipinski definition) is 2. The quantitative estimate of drug-likeness (QED) is 0.770. The van der Waals surface area contributed by atoms with Gasteiger partial charge in [0.2, 0.25) is 0 Å². The number of carboxylic acid groups (broad SMARTS) is 1. The van der Waals surface area contributed by atoms with Gasteiger partial charge in [-0.1, -0.05) is 12.1 Å². The van der Waals surface area contributed by atoms with Crippen molar-refractivity contribution in [3.05, 3.63) is 40.3 Å². The van der Waals surface area contributed by atoms with Crippen LogP contribution in [-0.2, 0) is 4.79 Å². The van der Waals surface area contributed by atoms with Crippen molar-refractivity contribution in [2.75, 3.05) is 0 Å². The van der Waals surface area contributed by atoms with Crippen LogP contribution in [0.1, 0.15) is 15.9 Å². The molecule has 6 heteroatoms. The molecule has 0 radical (unpaired) electrons. The van der Waals surface area contributed by atoms with Crippen molar-refractivity contribution in [2.24, 2.45) is 10.7 Å². The Morgan fingerprint density at radius 2 is 2.24 bits per heavy atom. The molecule has 1 amide bonds. The van der Waals surface area contributed by atoms with Crippen molar-refractivity contribution in [3.8, 4) is 0 Å². The second kappa shape index (κ2) is 4.42. The number of hydrogen-bond acceptors (Lipinski definition) is 4. The number of carbonyl (C=O) groups is 2. The molecule has 86 valence electrons. The zero-order valence-electron chi connectivity index (χ0n) is 8.58. The molecule has 17 heavy (non-hydrogen) atoms. The van der Waals surface area contributed by atoms with Gasteiger partial charge in [0.1, 0.15) is 0 Å². The van der Waals surface area contributed by atoms with Crippen LogP contribution in [0.5, 0.6) is 0 Å². The van der Waals surface area contributed by atoms with Crippen LogP contribution >= 0.6 is 11.8 Å². The number of carbonyl (C=O) groups excluding carboxylic acids is 1. The van der Waals surface area contributed by atoms with E-state index in [1.54, 1.807) is 18.2 Å². The lowest BCUT2D eigenvalue weighted by atomic mass is 10.1. The zero-order chi connectivity index (χ0) is 12.4. The number of thioether (sulfide) groups is 1. The molecule has 1 aliphatic rings. The molecule has 0 aliphatic carbocycles. The summed E-state index contributed by atoms with van der Waals surface area (Å²) in [6.45, 7) is 0. The molecular formula is C11H8N2O3S. The van der Waals surface area contributed by atoms with Gasteiger partial charge in [-0.2, -0.15) is 4.99 Å². The molecule has 0 unspecified atom stereocenters. The highest BCUT2D eigenvalue weighted by atomic mass is 32.2. The third kappa shape index (κ3) is 2.54. The minimum atomic E-state index is -1.01. The molecule has 1 aromatic carbocycles. The average molecular weight is 248 g/mol. The zero-order valence-corrected chi connectivity index (χ0v) is 9.40. The van der Waals surface area contributed by atoms with Crippen molar-refractivity contribution in [3.63, 3.8) is 0 Å². The van der Waals surface area contributed by atoms with Gasteiger partial charge in [0.15, 0.2) is 5.17 Å². The molecule has 0 saturated carbocycles. The number of carboxylic acids is 1. The number of nitrogens with zero attached hydrogens (tertiary/aromatic N) is 1. The fourth-order valence-electron chi connectivity index (χ4n) is 1.34. The predicted octanol–water partition coefficient (Wildman–Crippen LogP) is 1.31. The van der Waals surface area contributed by atoms with Crippen molar-refractivity contribution in [2.45, 2.75) is 0 Å². The van der Waals surface area contributed by atoms with Crippen molar-refractivity contribution in [1.82, 2.24) is 0 Å². The van der Waals surface area contributed by atoms with Gasteiger partial charge in [-0.25, -0.2) is 4.79 Å². The van der Waals surface area contributed by atoms with Crippen LogP contribution in [0.15, 0.2) is 34.2 Å². The van der Waals surface area contributed by atoms with Crippen molar-refractivity contribution < 1.29 is 14.7 Å². The maximum absolute atomic E-state index is 11.3. The van der Waals surface area contributed by atoms with Crippen molar-refractivity contribution in [1.29, 1.82) is 0 Å². The van der Waals surface area contributed by atoms with E-state index < -0.39 is 11.9 Å². The summed E-state index contributed by atoms with van der Waals surface area (Å²) in [6.07, 6.45) is 1.57. The first kappa shape index (κ1) is 11.4. The van der Waals surface area contributed by atoms with Crippen LogP contribution in [-0.4, -0.2) is 22.2 Å². The molecule has 3 N–H and O–H groups in total. The average Bonchev–Trinajstić information content (AvgIpc) is 2.58. The van der Waals surface area contributed by atoms with Crippen molar-refractivity contribution >= 4 is 34.9 Å². The van der Waals surface area contributed by atoms with Gasteiger partial charge in [-0.05, 0) is 35.5 Å². The van der Waals surface area contributed by atoms with E-state index in [0.29, 0.717) is 10.5 Å². The number of amidine groups is 1. The molecule has 0 atom stereocenters. The second-order valence-electron chi connectivity index (χ2n) is 3.30. The maximum Gasteiger partial charge on any atom is 0.335 e. The Hall–Kier alpha value is -2.08. The summed E-state index contributed by atoms with van der Waals surface area (Å²) in [7, 11) is 0. The van der Waals surface area contributed by atoms with Gasteiger partial charge in [0.25, 0.3) is 5.91 Å². The lowest BCUT2D eigenvalue weighted by Gasteiger charge is -1.98. The smallest absolute Gasteiger partial charge is 0.335 e. The van der Waals surface area contributed by atoms with Gasteiger partial charge >= 0.3 is 5.97 Å². The fraction of sp³-hybridized carbons (Fsp3) is 0. The van der Waals surface area contributed by atoms with Gasteiger partial charge < -0.3 is 10.8 Å².